The van der Waals surface area contributed by atoms with Gasteiger partial charge in [0.25, 0.3) is 0 Å². The molecule has 0 aromatic heterocycles. The Kier molecular flexibility index (Phi) is 4.68. The van der Waals surface area contributed by atoms with Crippen LogP contribution in [-0.4, -0.2) is 12.2 Å². The summed E-state index contributed by atoms with van der Waals surface area (Å²) in [6, 6.07) is 10.8. The summed E-state index contributed by atoms with van der Waals surface area (Å²) < 4.78 is 18.8. The molecule has 2 rings (SSSR count). The Morgan fingerprint density at radius 2 is 2.00 bits per heavy atom. The first-order chi connectivity index (χ1) is 9.51. The summed E-state index contributed by atoms with van der Waals surface area (Å²) in [6.45, 7) is 3.36. The Morgan fingerprint density at radius 3 is 2.65 bits per heavy atom. The van der Waals surface area contributed by atoms with Crippen LogP contribution in [0.1, 0.15) is 24.2 Å². The third kappa shape index (κ3) is 3.32. The smallest absolute Gasteiger partial charge is 0.126 e. The van der Waals surface area contributed by atoms with Crippen LogP contribution in [-0.2, 0) is 0 Å². The van der Waals surface area contributed by atoms with Crippen LogP contribution in [0.3, 0.4) is 0 Å². The Hall–Kier alpha value is -1.52. The van der Waals surface area contributed by atoms with Crippen molar-refractivity contribution in [2.24, 2.45) is 0 Å². The summed E-state index contributed by atoms with van der Waals surface area (Å²) in [6.07, 6.45) is -0.710. The number of methoxy groups -OCH3 is 1. The quantitative estimate of drug-likeness (QED) is 0.908. The Labute approximate surface area is 122 Å². The van der Waals surface area contributed by atoms with E-state index in [1.165, 1.54) is 17.8 Å². The standard InChI is InChI=1S/C16H17FO2S/c1-10-7-16(14(11(2)18)9-15(10)17)20-13-6-4-5-12(8-13)19-3/h4-9,11,18H,1-3H3/t11-/m0/s1. The maximum atomic E-state index is 13.6. The van der Waals surface area contributed by atoms with Gasteiger partial charge in [0.1, 0.15) is 11.6 Å². The van der Waals surface area contributed by atoms with Gasteiger partial charge in [-0.2, -0.15) is 0 Å². The van der Waals surface area contributed by atoms with Gasteiger partial charge in [-0.25, -0.2) is 4.39 Å². The van der Waals surface area contributed by atoms with Crippen molar-refractivity contribution in [3.05, 3.63) is 53.3 Å². The molecule has 2 aromatic carbocycles. The van der Waals surface area contributed by atoms with Crippen molar-refractivity contribution < 1.29 is 14.2 Å². The largest absolute Gasteiger partial charge is 0.497 e. The average molecular weight is 292 g/mol. The molecule has 1 N–H and O–H groups in total. The van der Waals surface area contributed by atoms with Crippen molar-refractivity contribution in [2.45, 2.75) is 29.7 Å². The van der Waals surface area contributed by atoms with E-state index in [4.69, 9.17) is 4.74 Å². The normalized spacial score (nSPS) is 12.2. The van der Waals surface area contributed by atoms with Gasteiger partial charge in [0.15, 0.2) is 0 Å². The third-order valence-electron chi connectivity index (χ3n) is 3.01. The van der Waals surface area contributed by atoms with Crippen LogP contribution >= 0.6 is 11.8 Å². The molecule has 0 unspecified atom stereocenters. The van der Waals surface area contributed by atoms with Crippen LogP contribution in [0.5, 0.6) is 5.75 Å². The van der Waals surface area contributed by atoms with Crippen molar-refractivity contribution in [3.8, 4) is 5.75 Å². The molecule has 0 spiro atoms. The van der Waals surface area contributed by atoms with Crippen molar-refractivity contribution in [2.75, 3.05) is 7.11 Å². The number of aliphatic hydroxyl groups excluding tert-OH is 1. The first-order valence-electron chi connectivity index (χ1n) is 6.31. The fraction of sp³-hybridized carbons (Fsp3) is 0.250. The van der Waals surface area contributed by atoms with Gasteiger partial charge in [-0.15, -0.1) is 0 Å². The zero-order chi connectivity index (χ0) is 14.7. The molecule has 0 aliphatic rings. The lowest BCUT2D eigenvalue weighted by atomic mass is 10.1. The van der Waals surface area contributed by atoms with Gasteiger partial charge in [-0.3, -0.25) is 0 Å². The van der Waals surface area contributed by atoms with E-state index in [9.17, 15) is 9.50 Å². The number of hydrogen-bond acceptors (Lipinski definition) is 3. The number of aryl methyl sites for hydroxylation is 1. The van der Waals surface area contributed by atoms with Gasteiger partial charge in [0, 0.05) is 9.79 Å². The molecule has 0 aliphatic heterocycles. The second kappa shape index (κ2) is 6.29. The Morgan fingerprint density at radius 1 is 1.25 bits per heavy atom. The van der Waals surface area contributed by atoms with Crippen molar-refractivity contribution in [1.29, 1.82) is 0 Å². The monoisotopic (exact) mass is 292 g/mol. The molecule has 0 bridgehead atoms. The number of aliphatic hydroxyl groups is 1. The number of benzene rings is 2. The van der Waals surface area contributed by atoms with Crippen LogP contribution in [0.2, 0.25) is 0 Å². The van der Waals surface area contributed by atoms with E-state index in [1.807, 2.05) is 24.3 Å². The maximum Gasteiger partial charge on any atom is 0.126 e. The number of halogens is 1. The highest BCUT2D eigenvalue weighted by Crippen LogP contribution is 2.36. The molecule has 0 saturated carbocycles. The molecule has 106 valence electrons. The molecule has 0 radical (unpaired) electrons. The molecule has 2 aromatic rings. The van der Waals surface area contributed by atoms with Gasteiger partial charge in [0.2, 0.25) is 0 Å². The Balaban J connectivity index is 2.39. The van der Waals surface area contributed by atoms with Crippen molar-refractivity contribution >= 4 is 11.8 Å². The second-order valence-electron chi connectivity index (χ2n) is 4.60. The molecule has 0 saturated heterocycles. The van der Waals surface area contributed by atoms with Crippen molar-refractivity contribution in [1.82, 2.24) is 0 Å². The number of hydrogen-bond donors (Lipinski definition) is 1. The van der Waals surface area contributed by atoms with E-state index in [-0.39, 0.29) is 5.82 Å². The third-order valence-corrected chi connectivity index (χ3v) is 4.07. The average Bonchev–Trinajstić information content (AvgIpc) is 2.42. The summed E-state index contributed by atoms with van der Waals surface area (Å²) in [5.41, 5.74) is 1.17. The van der Waals surface area contributed by atoms with Gasteiger partial charge in [-0.05, 0) is 55.3 Å². The minimum atomic E-state index is -0.710. The van der Waals surface area contributed by atoms with E-state index in [0.717, 1.165) is 15.5 Å². The van der Waals surface area contributed by atoms with Gasteiger partial charge in [-0.1, -0.05) is 17.8 Å². The summed E-state index contributed by atoms with van der Waals surface area (Å²) >= 11 is 1.49. The zero-order valence-corrected chi connectivity index (χ0v) is 12.5. The first kappa shape index (κ1) is 14.9. The van der Waals surface area contributed by atoms with E-state index in [2.05, 4.69) is 0 Å². The topological polar surface area (TPSA) is 29.5 Å². The fourth-order valence-electron chi connectivity index (χ4n) is 1.88. The zero-order valence-electron chi connectivity index (χ0n) is 11.7. The summed E-state index contributed by atoms with van der Waals surface area (Å²) in [4.78, 5) is 1.84. The summed E-state index contributed by atoms with van der Waals surface area (Å²) in [5.74, 6) is 0.475. The highest BCUT2D eigenvalue weighted by molar-refractivity contribution is 7.99. The van der Waals surface area contributed by atoms with Gasteiger partial charge in [0.05, 0.1) is 13.2 Å². The molecule has 0 amide bonds. The summed E-state index contributed by atoms with van der Waals surface area (Å²) in [7, 11) is 1.62. The van der Waals surface area contributed by atoms with Crippen LogP contribution in [0.4, 0.5) is 4.39 Å². The predicted octanol–water partition coefficient (Wildman–Crippen LogP) is 4.35. The molecule has 2 nitrogen and oxygen atoms in total. The molecular formula is C16H17FO2S. The predicted molar refractivity (Wildman–Crippen MR) is 78.9 cm³/mol. The van der Waals surface area contributed by atoms with E-state index < -0.39 is 6.10 Å². The molecule has 4 heteroatoms. The Bertz CT molecular complexity index is 611. The molecule has 0 fully saturated rings. The second-order valence-corrected chi connectivity index (χ2v) is 5.71. The van der Waals surface area contributed by atoms with E-state index in [0.29, 0.717) is 11.1 Å². The fourth-order valence-corrected chi connectivity index (χ4v) is 3.04. The molecule has 0 aliphatic carbocycles. The minimum Gasteiger partial charge on any atom is -0.497 e. The molecule has 0 heterocycles. The highest BCUT2D eigenvalue weighted by Gasteiger charge is 2.13. The first-order valence-corrected chi connectivity index (χ1v) is 7.13. The summed E-state index contributed by atoms with van der Waals surface area (Å²) in [5, 5.41) is 9.79. The highest BCUT2D eigenvalue weighted by atomic mass is 32.2. The van der Waals surface area contributed by atoms with E-state index >= 15 is 0 Å². The van der Waals surface area contributed by atoms with Crippen molar-refractivity contribution in [3.63, 3.8) is 0 Å². The van der Waals surface area contributed by atoms with Crippen LogP contribution in [0.15, 0.2) is 46.2 Å². The lowest BCUT2D eigenvalue weighted by Crippen LogP contribution is -1.97. The minimum absolute atomic E-state index is 0.295. The number of ether oxygens (including phenoxy) is 1. The van der Waals surface area contributed by atoms with Gasteiger partial charge >= 0.3 is 0 Å². The lowest BCUT2D eigenvalue weighted by molar-refractivity contribution is 0.196. The molecule has 1 atom stereocenters. The van der Waals surface area contributed by atoms with Crippen LogP contribution < -0.4 is 4.74 Å². The molecular weight excluding hydrogens is 275 g/mol. The molecule has 20 heavy (non-hydrogen) atoms. The van der Waals surface area contributed by atoms with Gasteiger partial charge < -0.3 is 9.84 Å². The lowest BCUT2D eigenvalue weighted by Gasteiger charge is -2.13. The van der Waals surface area contributed by atoms with Crippen LogP contribution in [0, 0.1) is 12.7 Å². The SMILES string of the molecule is COc1cccc(Sc2cc(C)c(F)cc2[C@H](C)O)c1. The maximum absolute atomic E-state index is 13.6. The number of rotatable bonds is 4. The van der Waals surface area contributed by atoms with Crippen LogP contribution in [0.25, 0.3) is 0 Å². The van der Waals surface area contributed by atoms with E-state index in [1.54, 1.807) is 27.0 Å².